The van der Waals surface area contributed by atoms with E-state index in [9.17, 15) is 5.11 Å². The van der Waals surface area contributed by atoms with Crippen LogP contribution in [0.25, 0.3) is 0 Å². The van der Waals surface area contributed by atoms with Crippen LogP contribution in [0.2, 0.25) is 0 Å². The van der Waals surface area contributed by atoms with Crippen molar-refractivity contribution in [2.24, 2.45) is 5.92 Å². The maximum Gasteiger partial charge on any atom is 0.0983 e. The van der Waals surface area contributed by atoms with Crippen LogP contribution in [0.4, 0.5) is 0 Å². The summed E-state index contributed by atoms with van der Waals surface area (Å²) in [5.74, 6) is 0.713. The third-order valence-corrected chi connectivity index (χ3v) is 4.82. The molecule has 0 amide bonds. The first-order valence-electron chi connectivity index (χ1n) is 6.61. The fraction of sp³-hybridized carbons (Fsp3) is 0.786. The van der Waals surface area contributed by atoms with Crippen molar-refractivity contribution in [3.8, 4) is 0 Å². The molecule has 1 aromatic rings. The number of rotatable bonds is 3. The number of aromatic nitrogens is 1. The van der Waals surface area contributed by atoms with E-state index < -0.39 is 0 Å². The standard InChI is InChI=1S/C14H23NOS/c1-14(2,3)13-15-11(9-17-13)12(16)8-10-6-4-5-7-10/h9-10,12,16H,4-8H2,1-3H3. The molecule has 1 N–H and O–H groups in total. The predicted octanol–water partition coefficient (Wildman–Crippen LogP) is 4.05. The van der Waals surface area contributed by atoms with E-state index in [0.29, 0.717) is 5.92 Å². The zero-order valence-electron chi connectivity index (χ0n) is 11.1. The highest BCUT2D eigenvalue weighted by Gasteiger charge is 2.23. The Bertz CT molecular complexity index is 361. The lowest BCUT2D eigenvalue weighted by molar-refractivity contribution is 0.141. The Hall–Kier alpha value is -0.410. The monoisotopic (exact) mass is 253 g/mol. The molecule has 1 unspecified atom stereocenters. The topological polar surface area (TPSA) is 33.1 Å². The zero-order chi connectivity index (χ0) is 12.5. The Morgan fingerprint density at radius 1 is 1.41 bits per heavy atom. The van der Waals surface area contributed by atoms with E-state index in [-0.39, 0.29) is 11.5 Å². The molecule has 1 aromatic heterocycles. The number of thiazole rings is 1. The molecule has 17 heavy (non-hydrogen) atoms. The summed E-state index contributed by atoms with van der Waals surface area (Å²) in [4.78, 5) is 4.59. The summed E-state index contributed by atoms with van der Waals surface area (Å²) in [5, 5.41) is 13.4. The van der Waals surface area contributed by atoms with Crippen molar-refractivity contribution < 1.29 is 5.11 Å². The molecule has 1 fully saturated rings. The smallest absolute Gasteiger partial charge is 0.0983 e. The summed E-state index contributed by atoms with van der Waals surface area (Å²) in [5.41, 5.74) is 0.975. The molecule has 0 radical (unpaired) electrons. The van der Waals surface area contributed by atoms with Gasteiger partial charge in [-0.25, -0.2) is 4.98 Å². The second-order valence-corrected chi connectivity index (χ2v) is 7.09. The molecule has 1 atom stereocenters. The van der Waals surface area contributed by atoms with Crippen molar-refractivity contribution in [3.63, 3.8) is 0 Å². The van der Waals surface area contributed by atoms with Crippen molar-refractivity contribution >= 4 is 11.3 Å². The van der Waals surface area contributed by atoms with Crippen LogP contribution < -0.4 is 0 Å². The van der Waals surface area contributed by atoms with Gasteiger partial charge in [0.25, 0.3) is 0 Å². The number of aliphatic hydroxyl groups excluding tert-OH is 1. The average Bonchev–Trinajstić information content (AvgIpc) is 2.85. The molecule has 96 valence electrons. The van der Waals surface area contributed by atoms with Crippen LogP contribution in [0.5, 0.6) is 0 Å². The van der Waals surface area contributed by atoms with Crippen LogP contribution in [0.1, 0.15) is 69.7 Å². The van der Waals surface area contributed by atoms with Gasteiger partial charge in [0, 0.05) is 10.8 Å². The first kappa shape index (κ1) is 13.0. The minimum atomic E-state index is -0.356. The fourth-order valence-electron chi connectivity index (χ4n) is 2.47. The van der Waals surface area contributed by atoms with E-state index >= 15 is 0 Å². The lowest BCUT2D eigenvalue weighted by atomic mass is 9.97. The molecular formula is C14H23NOS. The predicted molar refractivity (Wildman–Crippen MR) is 72.3 cm³/mol. The van der Waals surface area contributed by atoms with Crippen LogP contribution in [0.15, 0.2) is 5.38 Å². The number of nitrogens with zero attached hydrogens (tertiary/aromatic N) is 1. The third kappa shape index (κ3) is 3.29. The Labute approximate surface area is 108 Å². The molecule has 1 aliphatic rings. The van der Waals surface area contributed by atoms with E-state index in [0.717, 1.165) is 17.1 Å². The van der Waals surface area contributed by atoms with Crippen molar-refractivity contribution in [3.05, 3.63) is 16.1 Å². The number of aliphatic hydroxyl groups is 1. The summed E-state index contributed by atoms with van der Waals surface area (Å²) in [6.45, 7) is 6.50. The second kappa shape index (κ2) is 5.07. The molecule has 1 heterocycles. The lowest BCUT2D eigenvalue weighted by Gasteiger charge is -2.15. The van der Waals surface area contributed by atoms with Gasteiger partial charge in [-0.05, 0) is 12.3 Å². The maximum atomic E-state index is 10.2. The largest absolute Gasteiger partial charge is 0.387 e. The van der Waals surface area contributed by atoms with Crippen molar-refractivity contribution in [1.29, 1.82) is 0 Å². The van der Waals surface area contributed by atoms with E-state index in [1.165, 1.54) is 25.7 Å². The van der Waals surface area contributed by atoms with Gasteiger partial charge in [0.05, 0.1) is 16.8 Å². The van der Waals surface area contributed by atoms with Gasteiger partial charge in [0.1, 0.15) is 0 Å². The van der Waals surface area contributed by atoms with Gasteiger partial charge in [0.2, 0.25) is 0 Å². The first-order valence-corrected chi connectivity index (χ1v) is 7.49. The van der Waals surface area contributed by atoms with E-state index in [1.807, 2.05) is 5.38 Å². The van der Waals surface area contributed by atoms with Crippen molar-refractivity contribution in [1.82, 2.24) is 4.98 Å². The van der Waals surface area contributed by atoms with Gasteiger partial charge in [0.15, 0.2) is 0 Å². The van der Waals surface area contributed by atoms with E-state index in [4.69, 9.17) is 0 Å². The third-order valence-electron chi connectivity index (χ3n) is 3.54. The van der Waals surface area contributed by atoms with Gasteiger partial charge in [-0.2, -0.15) is 0 Å². The number of hydrogen-bond acceptors (Lipinski definition) is 3. The molecule has 3 heteroatoms. The summed E-state index contributed by atoms with van der Waals surface area (Å²) in [7, 11) is 0. The van der Waals surface area contributed by atoms with Gasteiger partial charge >= 0.3 is 0 Å². The molecule has 2 rings (SSSR count). The minimum Gasteiger partial charge on any atom is -0.387 e. The van der Waals surface area contributed by atoms with Crippen LogP contribution in [0.3, 0.4) is 0 Å². The highest BCUT2D eigenvalue weighted by Crippen LogP contribution is 2.34. The summed E-state index contributed by atoms with van der Waals surface area (Å²) >= 11 is 1.67. The quantitative estimate of drug-likeness (QED) is 0.881. The molecule has 0 bridgehead atoms. The fourth-order valence-corrected chi connectivity index (χ4v) is 3.42. The molecular weight excluding hydrogens is 230 g/mol. The Morgan fingerprint density at radius 3 is 2.59 bits per heavy atom. The average molecular weight is 253 g/mol. The second-order valence-electron chi connectivity index (χ2n) is 6.23. The minimum absolute atomic E-state index is 0.0932. The first-order chi connectivity index (χ1) is 7.97. The van der Waals surface area contributed by atoms with Crippen molar-refractivity contribution in [2.45, 2.75) is 64.4 Å². The Balaban J connectivity index is 1.99. The summed E-state index contributed by atoms with van der Waals surface area (Å²) in [6, 6.07) is 0. The van der Waals surface area contributed by atoms with Crippen LogP contribution in [0, 0.1) is 5.92 Å². The van der Waals surface area contributed by atoms with Gasteiger partial charge in [-0.15, -0.1) is 11.3 Å². The maximum absolute atomic E-state index is 10.2. The van der Waals surface area contributed by atoms with Gasteiger partial charge in [-0.3, -0.25) is 0 Å². The summed E-state index contributed by atoms with van der Waals surface area (Å²) in [6.07, 6.45) is 5.78. The summed E-state index contributed by atoms with van der Waals surface area (Å²) < 4.78 is 0. The highest BCUT2D eigenvalue weighted by atomic mass is 32.1. The van der Waals surface area contributed by atoms with E-state index in [1.54, 1.807) is 11.3 Å². The molecule has 1 saturated carbocycles. The Kier molecular flexibility index (Phi) is 3.88. The molecule has 2 nitrogen and oxygen atoms in total. The van der Waals surface area contributed by atoms with Gasteiger partial charge < -0.3 is 5.11 Å². The van der Waals surface area contributed by atoms with E-state index in [2.05, 4.69) is 25.8 Å². The molecule has 1 aliphatic carbocycles. The highest BCUT2D eigenvalue weighted by molar-refractivity contribution is 7.09. The lowest BCUT2D eigenvalue weighted by Crippen LogP contribution is -2.11. The number of hydrogen-bond donors (Lipinski definition) is 1. The van der Waals surface area contributed by atoms with Crippen molar-refractivity contribution in [2.75, 3.05) is 0 Å². The Morgan fingerprint density at radius 2 is 2.06 bits per heavy atom. The normalized spacial score (nSPS) is 19.8. The molecule has 0 aliphatic heterocycles. The molecule has 0 saturated heterocycles. The molecule has 0 spiro atoms. The van der Waals surface area contributed by atoms with Gasteiger partial charge in [-0.1, -0.05) is 46.5 Å². The SMILES string of the molecule is CC(C)(C)c1nc(C(O)CC2CCCC2)cs1. The zero-order valence-corrected chi connectivity index (χ0v) is 11.9. The van der Waals surface area contributed by atoms with Crippen LogP contribution in [-0.4, -0.2) is 10.1 Å². The van der Waals surface area contributed by atoms with Crippen LogP contribution >= 0.6 is 11.3 Å². The molecule has 0 aromatic carbocycles. The van der Waals surface area contributed by atoms with Crippen LogP contribution in [-0.2, 0) is 5.41 Å².